The van der Waals surface area contributed by atoms with E-state index in [0.29, 0.717) is 6.42 Å². The van der Waals surface area contributed by atoms with Crippen LogP contribution in [-0.2, 0) is 11.2 Å². The number of hydrogen-bond acceptors (Lipinski definition) is 2. The molecule has 0 fully saturated rings. The summed E-state index contributed by atoms with van der Waals surface area (Å²) in [5.41, 5.74) is 2.08. The van der Waals surface area contributed by atoms with Crippen LogP contribution in [0.3, 0.4) is 0 Å². The van der Waals surface area contributed by atoms with Gasteiger partial charge in [0.1, 0.15) is 17.7 Å². The molecule has 0 aromatic heterocycles. The highest BCUT2D eigenvalue weighted by Crippen LogP contribution is 2.25. The van der Waals surface area contributed by atoms with Crippen LogP contribution in [0.25, 0.3) is 0 Å². The van der Waals surface area contributed by atoms with Crippen molar-refractivity contribution in [1.82, 2.24) is 0 Å². The quantitative estimate of drug-likeness (QED) is 0.884. The number of amides is 1. The van der Waals surface area contributed by atoms with E-state index >= 15 is 0 Å². The maximum absolute atomic E-state index is 13.1. The predicted octanol–water partition coefficient (Wildman–Crippen LogP) is 2.94. The fourth-order valence-electron chi connectivity index (χ4n) is 2.31. The molecule has 0 bridgehead atoms. The molecular formula is C15H12F2N2O. The average molecular weight is 274 g/mol. The lowest BCUT2D eigenvalue weighted by atomic mass is 10.1. The van der Waals surface area contributed by atoms with Gasteiger partial charge in [0.15, 0.2) is 0 Å². The van der Waals surface area contributed by atoms with Crippen molar-refractivity contribution in [2.75, 3.05) is 10.6 Å². The zero-order chi connectivity index (χ0) is 14.1. The number of halogens is 2. The van der Waals surface area contributed by atoms with Gasteiger partial charge in [-0.15, -0.1) is 0 Å². The normalized spacial score (nSPS) is 16.4. The monoisotopic (exact) mass is 274 g/mol. The summed E-state index contributed by atoms with van der Waals surface area (Å²) in [6, 6.07) is 10.1. The molecule has 0 spiro atoms. The van der Waals surface area contributed by atoms with Crippen LogP contribution in [0.4, 0.5) is 20.2 Å². The molecule has 1 aliphatic rings. The molecule has 0 radical (unpaired) electrons. The molecule has 1 aliphatic heterocycles. The van der Waals surface area contributed by atoms with Crippen LogP contribution in [0.1, 0.15) is 5.56 Å². The zero-order valence-electron chi connectivity index (χ0n) is 10.5. The second kappa shape index (κ2) is 4.92. The highest BCUT2D eigenvalue weighted by molar-refractivity contribution is 5.98. The molecule has 1 heterocycles. The minimum absolute atomic E-state index is 0.116. The Labute approximate surface area is 114 Å². The van der Waals surface area contributed by atoms with E-state index in [0.717, 1.165) is 29.4 Å². The summed E-state index contributed by atoms with van der Waals surface area (Å²) in [4.78, 5) is 12.1. The SMILES string of the molecule is O=C(Nc1cc(F)cc(F)c1)[C@@H]1Cc2ccccc2N1. The highest BCUT2D eigenvalue weighted by atomic mass is 19.1. The topological polar surface area (TPSA) is 41.1 Å². The Bertz CT molecular complexity index is 627. The number of benzene rings is 2. The van der Waals surface area contributed by atoms with Gasteiger partial charge in [0, 0.05) is 23.9 Å². The number of fused-ring (bicyclic) bond motifs is 1. The predicted molar refractivity (Wildman–Crippen MR) is 72.5 cm³/mol. The van der Waals surface area contributed by atoms with Crippen molar-refractivity contribution in [2.24, 2.45) is 0 Å². The number of nitrogens with one attached hydrogen (secondary N) is 2. The Morgan fingerprint density at radius 1 is 1.15 bits per heavy atom. The van der Waals surface area contributed by atoms with E-state index in [2.05, 4.69) is 10.6 Å². The van der Waals surface area contributed by atoms with E-state index in [-0.39, 0.29) is 11.6 Å². The molecule has 0 saturated heterocycles. The molecule has 2 N–H and O–H groups in total. The van der Waals surface area contributed by atoms with Crippen molar-refractivity contribution in [3.8, 4) is 0 Å². The lowest BCUT2D eigenvalue weighted by Gasteiger charge is -2.12. The van der Waals surface area contributed by atoms with E-state index < -0.39 is 17.7 Å². The van der Waals surface area contributed by atoms with Crippen molar-refractivity contribution >= 4 is 17.3 Å². The van der Waals surface area contributed by atoms with E-state index in [1.165, 1.54) is 0 Å². The molecule has 2 aromatic carbocycles. The molecular weight excluding hydrogens is 262 g/mol. The van der Waals surface area contributed by atoms with Gasteiger partial charge in [-0.2, -0.15) is 0 Å². The minimum Gasteiger partial charge on any atom is -0.373 e. The summed E-state index contributed by atoms with van der Waals surface area (Å²) in [5.74, 6) is -1.75. The van der Waals surface area contributed by atoms with Gasteiger partial charge in [-0.05, 0) is 23.8 Å². The van der Waals surface area contributed by atoms with Crippen LogP contribution in [0.5, 0.6) is 0 Å². The van der Waals surface area contributed by atoms with Crippen molar-refractivity contribution in [2.45, 2.75) is 12.5 Å². The lowest BCUT2D eigenvalue weighted by Crippen LogP contribution is -2.32. The van der Waals surface area contributed by atoms with E-state index in [4.69, 9.17) is 0 Å². The largest absolute Gasteiger partial charge is 0.373 e. The number of anilines is 2. The Hall–Kier alpha value is -2.43. The number of carbonyl (C=O) groups excluding carboxylic acids is 1. The Morgan fingerprint density at radius 3 is 2.55 bits per heavy atom. The fraction of sp³-hybridized carbons (Fsp3) is 0.133. The second-order valence-corrected chi connectivity index (χ2v) is 4.71. The minimum atomic E-state index is -0.719. The standard InChI is InChI=1S/C15H12F2N2O/c16-10-6-11(17)8-12(7-10)18-15(20)14-5-9-3-1-2-4-13(9)19-14/h1-4,6-8,14,19H,5H2,(H,18,20)/t14-/m0/s1. The van der Waals surface area contributed by atoms with Gasteiger partial charge in [-0.1, -0.05) is 18.2 Å². The molecule has 0 unspecified atom stereocenters. The number of hydrogen-bond donors (Lipinski definition) is 2. The lowest BCUT2D eigenvalue weighted by molar-refractivity contribution is -0.116. The van der Waals surface area contributed by atoms with E-state index in [1.807, 2.05) is 24.3 Å². The molecule has 20 heavy (non-hydrogen) atoms. The van der Waals surface area contributed by atoms with Crippen molar-refractivity contribution in [1.29, 1.82) is 0 Å². The van der Waals surface area contributed by atoms with Crippen LogP contribution >= 0.6 is 0 Å². The van der Waals surface area contributed by atoms with Crippen molar-refractivity contribution in [3.05, 3.63) is 59.7 Å². The highest BCUT2D eigenvalue weighted by Gasteiger charge is 2.26. The third kappa shape index (κ3) is 2.47. The molecule has 5 heteroatoms. The van der Waals surface area contributed by atoms with Crippen LogP contribution < -0.4 is 10.6 Å². The average Bonchev–Trinajstić information content (AvgIpc) is 2.81. The summed E-state index contributed by atoms with van der Waals surface area (Å²) < 4.78 is 26.1. The van der Waals surface area contributed by atoms with Gasteiger partial charge in [0.25, 0.3) is 0 Å². The molecule has 1 atom stereocenters. The van der Waals surface area contributed by atoms with Crippen LogP contribution in [0.15, 0.2) is 42.5 Å². The summed E-state index contributed by atoms with van der Waals surface area (Å²) >= 11 is 0. The smallest absolute Gasteiger partial charge is 0.247 e. The molecule has 1 amide bonds. The first kappa shape index (κ1) is 12.6. The number of rotatable bonds is 2. The molecule has 2 aromatic rings. The maximum atomic E-state index is 13.1. The van der Waals surface area contributed by atoms with Crippen LogP contribution in [-0.4, -0.2) is 11.9 Å². The molecule has 3 rings (SSSR count). The first-order valence-electron chi connectivity index (χ1n) is 6.23. The Kier molecular flexibility index (Phi) is 3.10. The molecule has 3 nitrogen and oxygen atoms in total. The molecule has 0 saturated carbocycles. The van der Waals surface area contributed by atoms with E-state index in [1.54, 1.807) is 0 Å². The Balaban J connectivity index is 1.72. The van der Waals surface area contributed by atoms with Gasteiger partial charge in [0.2, 0.25) is 5.91 Å². The summed E-state index contributed by atoms with van der Waals surface area (Å²) in [6.07, 6.45) is 0.555. The van der Waals surface area contributed by atoms with Gasteiger partial charge in [-0.25, -0.2) is 8.78 Å². The molecule has 102 valence electrons. The third-order valence-corrected chi connectivity index (χ3v) is 3.22. The number of carbonyl (C=O) groups is 1. The second-order valence-electron chi connectivity index (χ2n) is 4.71. The third-order valence-electron chi connectivity index (χ3n) is 3.22. The maximum Gasteiger partial charge on any atom is 0.247 e. The summed E-state index contributed by atoms with van der Waals surface area (Å²) in [6.45, 7) is 0. The first-order valence-corrected chi connectivity index (χ1v) is 6.23. The van der Waals surface area contributed by atoms with Gasteiger partial charge in [-0.3, -0.25) is 4.79 Å². The number of para-hydroxylation sites is 1. The summed E-state index contributed by atoms with van der Waals surface area (Å²) in [7, 11) is 0. The van der Waals surface area contributed by atoms with Crippen molar-refractivity contribution in [3.63, 3.8) is 0 Å². The summed E-state index contributed by atoms with van der Waals surface area (Å²) in [5, 5.41) is 5.60. The van der Waals surface area contributed by atoms with E-state index in [9.17, 15) is 13.6 Å². The van der Waals surface area contributed by atoms with Gasteiger partial charge in [0.05, 0.1) is 0 Å². The van der Waals surface area contributed by atoms with Gasteiger partial charge < -0.3 is 10.6 Å². The van der Waals surface area contributed by atoms with Crippen molar-refractivity contribution < 1.29 is 13.6 Å². The fourth-order valence-corrected chi connectivity index (χ4v) is 2.31. The van der Waals surface area contributed by atoms with Crippen LogP contribution in [0.2, 0.25) is 0 Å². The van der Waals surface area contributed by atoms with Crippen LogP contribution in [0, 0.1) is 11.6 Å². The first-order chi connectivity index (χ1) is 9.61. The Morgan fingerprint density at radius 2 is 1.85 bits per heavy atom. The molecule has 0 aliphatic carbocycles. The van der Waals surface area contributed by atoms with Gasteiger partial charge >= 0.3 is 0 Å². The zero-order valence-corrected chi connectivity index (χ0v) is 10.5.